The summed E-state index contributed by atoms with van der Waals surface area (Å²) in [4.78, 5) is 20.1. The second-order valence-corrected chi connectivity index (χ2v) is 8.50. The zero-order valence-corrected chi connectivity index (χ0v) is 16.9. The number of para-hydroxylation sites is 1. The number of amides is 1. The first-order chi connectivity index (χ1) is 14.6. The van der Waals surface area contributed by atoms with Crippen LogP contribution in [0.4, 0.5) is 0 Å². The van der Waals surface area contributed by atoms with Crippen molar-refractivity contribution in [2.24, 2.45) is 11.1 Å². The number of carbonyl (C=O) groups is 1. The molecule has 1 aromatic heterocycles. The summed E-state index contributed by atoms with van der Waals surface area (Å²) < 4.78 is 5.86. The molecule has 3 aromatic rings. The summed E-state index contributed by atoms with van der Waals surface area (Å²) in [5.41, 5.74) is 7.95. The van der Waals surface area contributed by atoms with E-state index in [2.05, 4.69) is 10.3 Å². The summed E-state index contributed by atoms with van der Waals surface area (Å²) in [6, 6.07) is 17.2. The minimum absolute atomic E-state index is 0.371. The highest BCUT2D eigenvalue weighted by Crippen LogP contribution is 2.55. The number of nitrogens with zero attached hydrogens (tertiary/aromatic N) is 1. The Hall–Kier alpha value is -3.12. The summed E-state index contributed by atoms with van der Waals surface area (Å²) in [7, 11) is 0. The van der Waals surface area contributed by atoms with Gasteiger partial charge in [-0.05, 0) is 80.6 Å². The number of primary amides is 1. The smallest absolute Gasteiger partial charge is 0.267 e. The van der Waals surface area contributed by atoms with E-state index in [4.69, 9.17) is 15.5 Å². The van der Waals surface area contributed by atoms with E-state index in [0.717, 1.165) is 48.8 Å². The first-order valence-electron chi connectivity index (χ1n) is 10.6. The monoisotopic (exact) mass is 402 g/mol. The van der Waals surface area contributed by atoms with E-state index in [1.807, 2.05) is 54.6 Å². The van der Waals surface area contributed by atoms with Crippen molar-refractivity contribution in [3.63, 3.8) is 0 Å². The fraction of sp³-hybridized carbons (Fsp3) is 0.333. The van der Waals surface area contributed by atoms with Gasteiger partial charge in [-0.3, -0.25) is 4.79 Å². The van der Waals surface area contributed by atoms with E-state index in [-0.39, 0.29) is 0 Å². The minimum atomic E-state index is -0.482. The number of aromatic amines is 1. The Bertz CT molecular complexity index is 1030. The Labute approximate surface area is 175 Å². The lowest BCUT2D eigenvalue weighted by Crippen LogP contribution is -2.44. The molecule has 0 atom stereocenters. The predicted molar refractivity (Wildman–Crippen MR) is 116 cm³/mol. The molecule has 2 fully saturated rings. The molecule has 6 nitrogen and oxygen atoms in total. The maximum atomic E-state index is 12.1. The van der Waals surface area contributed by atoms with Gasteiger partial charge in [0.25, 0.3) is 5.91 Å². The van der Waals surface area contributed by atoms with Gasteiger partial charge in [0.15, 0.2) is 0 Å². The maximum Gasteiger partial charge on any atom is 0.267 e. The molecule has 1 saturated heterocycles. The molecule has 2 heterocycles. The van der Waals surface area contributed by atoms with Gasteiger partial charge in [0.05, 0.1) is 0 Å². The van der Waals surface area contributed by atoms with Crippen molar-refractivity contribution in [3.8, 4) is 22.8 Å². The number of ether oxygens (including phenoxy) is 1. The molecule has 0 unspecified atom stereocenters. The molecule has 1 aliphatic heterocycles. The van der Waals surface area contributed by atoms with Crippen LogP contribution in [0.5, 0.6) is 11.5 Å². The first-order valence-corrected chi connectivity index (χ1v) is 10.6. The molecule has 1 saturated carbocycles. The number of hydrogen-bond donors (Lipinski definition) is 3. The van der Waals surface area contributed by atoms with Crippen molar-refractivity contribution in [3.05, 3.63) is 66.1 Å². The lowest BCUT2D eigenvalue weighted by atomic mass is 9.57. The summed E-state index contributed by atoms with van der Waals surface area (Å²) in [6.07, 6.45) is 4.71. The first kappa shape index (κ1) is 18.9. The van der Waals surface area contributed by atoms with Gasteiger partial charge in [-0.1, -0.05) is 18.2 Å². The number of hydrogen-bond acceptors (Lipinski definition) is 4. The number of benzene rings is 2. The normalized spacial score (nSPS) is 18.1. The van der Waals surface area contributed by atoms with Crippen LogP contribution >= 0.6 is 0 Å². The Kier molecular flexibility index (Phi) is 4.79. The lowest BCUT2D eigenvalue weighted by molar-refractivity contribution is 0.0571. The molecule has 1 aliphatic carbocycles. The highest BCUT2D eigenvalue weighted by Gasteiger charge is 2.46. The quantitative estimate of drug-likeness (QED) is 0.596. The topological polar surface area (TPSA) is 93.0 Å². The Balaban J connectivity index is 1.35. The van der Waals surface area contributed by atoms with Gasteiger partial charge in [0, 0.05) is 11.5 Å². The van der Waals surface area contributed by atoms with E-state index in [1.165, 1.54) is 12.8 Å². The predicted octanol–water partition coefficient (Wildman–Crippen LogP) is 4.22. The van der Waals surface area contributed by atoms with Gasteiger partial charge < -0.3 is 20.8 Å². The highest BCUT2D eigenvalue weighted by atomic mass is 16.5. The largest absolute Gasteiger partial charge is 0.457 e. The Morgan fingerprint density at radius 2 is 1.67 bits per heavy atom. The molecule has 4 N–H and O–H groups in total. The van der Waals surface area contributed by atoms with Crippen molar-refractivity contribution in [1.82, 2.24) is 15.3 Å². The highest BCUT2D eigenvalue weighted by molar-refractivity contribution is 5.97. The van der Waals surface area contributed by atoms with Crippen LogP contribution in [0.15, 0.2) is 54.6 Å². The van der Waals surface area contributed by atoms with Gasteiger partial charge in [0.1, 0.15) is 28.7 Å². The molecule has 0 bridgehead atoms. The fourth-order valence-corrected chi connectivity index (χ4v) is 4.82. The Morgan fingerprint density at radius 3 is 2.33 bits per heavy atom. The average Bonchev–Trinajstić information content (AvgIpc) is 3.19. The molecule has 5 rings (SSSR count). The molecule has 0 radical (unpaired) electrons. The maximum absolute atomic E-state index is 12.1. The molecule has 6 heteroatoms. The number of nitrogens with one attached hydrogen (secondary N) is 2. The van der Waals surface area contributed by atoms with Crippen molar-refractivity contribution in [1.29, 1.82) is 0 Å². The van der Waals surface area contributed by atoms with Gasteiger partial charge in [0.2, 0.25) is 0 Å². The van der Waals surface area contributed by atoms with Crippen molar-refractivity contribution in [2.45, 2.75) is 31.6 Å². The molecule has 30 heavy (non-hydrogen) atoms. The molecular formula is C24H26N4O2. The third kappa shape index (κ3) is 3.59. The number of imidazole rings is 1. The third-order valence-electron chi connectivity index (χ3n) is 6.48. The standard InChI is InChI=1S/C24H26N4O2/c25-22(29)21-20(16-6-8-19(9-7-16)30-18-4-2-1-3-5-18)27-23(28-21)17-14-24(15-17)10-12-26-13-11-24/h1-9,17,26H,10-15H2,(H2,25,29)(H,27,28). The minimum Gasteiger partial charge on any atom is -0.457 e. The van der Waals surface area contributed by atoms with Crippen LogP contribution in [0, 0.1) is 5.41 Å². The molecule has 154 valence electrons. The van der Waals surface area contributed by atoms with Crippen LogP contribution in [0.25, 0.3) is 11.3 Å². The third-order valence-corrected chi connectivity index (χ3v) is 6.48. The van der Waals surface area contributed by atoms with Gasteiger partial charge >= 0.3 is 0 Å². The summed E-state index contributed by atoms with van der Waals surface area (Å²) in [6.45, 7) is 2.19. The lowest BCUT2D eigenvalue weighted by Gasteiger charge is -2.49. The zero-order chi connectivity index (χ0) is 20.6. The second kappa shape index (κ2) is 7.61. The molecule has 2 aliphatic rings. The number of rotatable bonds is 5. The molecule has 1 spiro atoms. The second-order valence-electron chi connectivity index (χ2n) is 8.50. The average molecular weight is 402 g/mol. The van der Waals surface area contributed by atoms with Crippen LogP contribution in [0.2, 0.25) is 0 Å². The van der Waals surface area contributed by atoms with E-state index in [0.29, 0.717) is 22.7 Å². The van der Waals surface area contributed by atoms with E-state index in [9.17, 15) is 4.79 Å². The number of H-pyrrole nitrogens is 1. The summed E-state index contributed by atoms with van der Waals surface area (Å²) >= 11 is 0. The van der Waals surface area contributed by atoms with E-state index in [1.54, 1.807) is 0 Å². The Morgan fingerprint density at radius 1 is 1.00 bits per heavy atom. The summed E-state index contributed by atoms with van der Waals surface area (Å²) in [5.74, 6) is 2.28. The molecular weight excluding hydrogens is 376 g/mol. The van der Waals surface area contributed by atoms with Gasteiger partial charge in [-0.15, -0.1) is 0 Å². The number of aromatic nitrogens is 2. The van der Waals surface area contributed by atoms with Crippen molar-refractivity contribution < 1.29 is 9.53 Å². The van der Waals surface area contributed by atoms with Gasteiger partial charge in [-0.2, -0.15) is 0 Å². The summed E-state index contributed by atoms with van der Waals surface area (Å²) in [5, 5.41) is 3.44. The van der Waals surface area contributed by atoms with Crippen LogP contribution in [-0.2, 0) is 0 Å². The van der Waals surface area contributed by atoms with Crippen LogP contribution in [0.3, 0.4) is 0 Å². The fourth-order valence-electron chi connectivity index (χ4n) is 4.82. The van der Waals surface area contributed by atoms with Crippen molar-refractivity contribution >= 4 is 5.91 Å². The zero-order valence-electron chi connectivity index (χ0n) is 16.9. The number of nitrogens with two attached hydrogens (primary N) is 1. The van der Waals surface area contributed by atoms with Crippen LogP contribution < -0.4 is 15.8 Å². The van der Waals surface area contributed by atoms with E-state index >= 15 is 0 Å². The van der Waals surface area contributed by atoms with Crippen molar-refractivity contribution in [2.75, 3.05) is 13.1 Å². The number of carbonyl (C=O) groups excluding carboxylic acids is 1. The molecule has 2 aromatic carbocycles. The van der Waals surface area contributed by atoms with Gasteiger partial charge in [-0.25, -0.2) is 4.98 Å². The molecule has 1 amide bonds. The van der Waals surface area contributed by atoms with Crippen LogP contribution in [0.1, 0.15) is 47.9 Å². The van der Waals surface area contributed by atoms with E-state index < -0.39 is 5.91 Å². The number of piperidine rings is 1. The SMILES string of the molecule is NC(=O)c1[nH]c(C2CC3(CCNCC3)C2)nc1-c1ccc(Oc2ccccc2)cc1. The van der Waals surface area contributed by atoms with Crippen LogP contribution in [-0.4, -0.2) is 29.0 Å².